The largest absolute Gasteiger partial charge is 0.383 e. The van der Waals surface area contributed by atoms with Gasteiger partial charge in [0.25, 0.3) is 5.56 Å². The number of aromatic nitrogens is 4. The summed E-state index contributed by atoms with van der Waals surface area (Å²) in [5.74, 6) is 1.09. The normalized spacial score (nSPS) is 11.4. The molecular weight excluding hydrogens is 421 g/mol. The first-order valence-corrected chi connectivity index (χ1v) is 10.9. The monoisotopic (exact) mass is 435 g/mol. The predicted octanol–water partition coefficient (Wildman–Crippen LogP) is 4.61. The number of thiophene rings is 1. The summed E-state index contributed by atoms with van der Waals surface area (Å²) >= 11 is 2.71. The first-order valence-electron chi connectivity index (χ1n) is 9.00. The number of nitrogens with two attached hydrogens (primary N) is 1. The summed E-state index contributed by atoms with van der Waals surface area (Å²) < 4.78 is 13.2. The maximum Gasteiger partial charge on any atom is 0.260 e. The van der Waals surface area contributed by atoms with E-state index in [9.17, 15) is 9.18 Å². The molecule has 0 unspecified atom stereocenters. The molecule has 0 radical (unpaired) electrons. The number of anilines is 1. The third-order valence-electron chi connectivity index (χ3n) is 4.59. The Balaban J connectivity index is 1.45. The van der Waals surface area contributed by atoms with Crippen LogP contribution in [-0.4, -0.2) is 19.9 Å². The van der Waals surface area contributed by atoms with E-state index in [4.69, 9.17) is 5.73 Å². The van der Waals surface area contributed by atoms with Crippen molar-refractivity contribution in [2.75, 3.05) is 5.73 Å². The van der Waals surface area contributed by atoms with Gasteiger partial charge in [0, 0.05) is 16.3 Å². The molecule has 0 aliphatic rings. The number of fused-ring (bicyclic) bond motifs is 2. The van der Waals surface area contributed by atoms with E-state index in [1.54, 1.807) is 12.1 Å². The molecule has 30 heavy (non-hydrogen) atoms. The maximum atomic E-state index is 13.2. The van der Waals surface area contributed by atoms with E-state index in [-0.39, 0.29) is 11.4 Å². The molecule has 148 valence electrons. The van der Waals surface area contributed by atoms with Gasteiger partial charge >= 0.3 is 0 Å². The van der Waals surface area contributed by atoms with Crippen LogP contribution >= 0.6 is 23.1 Å². The van der Waals surface area contributed by atoms with Crippen LogP contribution in [0.5, 0.6) is 0 Å². The predicted molar refractivity (Wildman–Crippen MR) is 119 cm³/mol. The smallest absolute Gasteiger partial charge is 0.260 e. The number of nitrogens with zero attached hydrogens (tertiary/aromatic N) is 3. The Morgan fingerprint density at radius 2 is 1.87 bits per heavy atom. The van der Waals surface area contributed by atoms with Crippen molar-refractivity contribution in [3.8, 4) is 11.1 Å². The van der Waals surface area contributed by atoms with Crippen LogP contribution < -0.4 is 11.3 Å². The summed E-state index contributed by atoms with van der Waals surface area (Å²) in [5, 5.41) is 3.66. The highest BCUT2D eigenvalue weighted by molar-refractivity contribution is 7.98. The van der Waals surface area contributed by atoms with Gasteiger partial charge in [0.1, 0.15) is 22.3 Å². The molecule has 6 nitrogen and oxygen atoms in total. The summed E-state index contributed by atoms with van der Waals surface area (Å²) in [6, 6.07) is 13.6. The minimum Gasteiger partial charge on any atom is -0.383 e. The van der Waals surface area contributed by atoms with Crippen LogP contribution in [0.1, 0.15) is 5.82 Å². The van der Waals surface area contributed by atoms with Crippen molar-refractivity contribution in [2.45, 2.75) is 10.9 Å². The van der Waals surface area contributed by atoms with Gasteiger partial charge in [0.2, 0.25) is 0 Å². The van der Waals surface area contributed by atoms with E-state index in [0.717, 1.165) is 22.0 Å². The van der Waals surface area contributed by atoms with Gasteiger partial charge < -0.3 is 10.7 Å². The van der Waals surface area contributed by atoms with Gasteiger partial charge in [-0.15, -0.1) is 11.3 Å². The van der Waals surface area contributed by atoms with Gasteiger partial charge in [-0.25, -0.2) is 19.3 Å². The molecule has 3 N–H and O–H groups in total. The quantitative estimate of drug-likeness (QED) is 0.316. The number of H-pyrrole nitrogens is 1. The molecule has 0 saturated heterocycles. The fourth-order valence-corrected chi connectivity index (χ4v) is 4.91. The highest BCUT2D eigenvalue weighted by atomic mass is 32.2. The molecule has 3 aromatic heterocycles. The van der Waals surface area contributed by atoms with Crippen molar-refractivity contribution in [2.24, 2.45) is 0 Å². The highest BCUT2D eigenvalue weighted by Gasteiger charge is 2.14. The van der Waals surface area contributed by atoms with Crippen LogP contribution in [0.15, 0.2) is 63.9 Å². The molecule has 5 aromatic rings. The van der Waals surface area contributed by atoms with Crippen molar-refractivity contribution < 1.29 is 4.39 Å². The zero-order valence-electron chi connectivity index (χ0n) is 15.4. The van der Waals surface area contributed by atoms with Crippen LogP contribution in [-0.2, 0) is 5.75 Å². The summed E-state index contributed by atoms with van der Waals surface area (Å²) in [6.07, 6.45) is 0. The lowest BCUT2D eigenvalue weighted by Crippen LogP contribution is -2.09. The van der Waals surface area contributed by atoms with E-state index >= 15 is 0 Å². The fourth-order valence-electron chi connectivity index (χ4n) is 3.19. The Morgan fingerprint density at radius 1 is 1.07 bits per heavy atom. The standard InChI is InChI=1S/C21H14FN5OS2/c22-12-7-5-11(6-8-12)14-9-29-20-17(14)19(28)26-21(27-20)30-10-16-24-15-4-2-1-3-13(15)18(23)25-16/h1-9H,10H2,(H2,23,24,25)(H,26,27,28). The Morgan fingerprint density at radius 3 is 2.70 bits per heavy atom. The summed E-state index contributed by atoms with van der Waals surface area (Å²) in [4.78, 5) is 29.6. The van der Waals surface area contributed by atoms with Gasteiger partial charge in [-0.2, -0.15) is 0 Å². The van der Waals surface area contributed by atoms with Gasteiger partial charge in [-0.1, -0.05) is 36.0 Å². The first kappa shape index (κ1) is 18.7. The molecule has 0 saturated carbocycles. The molecule has 0 aliphatic heterocycles. The molecule has 9 heteroatoms. The molecule has 0 amide bonds. The second-order valence-electron chi connectivity index (χ2n) is 6.54. The van der Waals surface area contributed by atoms with Crippen LogP contribution in [0.25, 0.3) is 32.2 Å². The number of aromatic amines is 1. The number of thioether (sulfide) groups is 1. The third-order valence-corrected chi connectivity index (χ3v) is 6.34. The fraction of sp³-hybridized carbons (Fsp3) is 0.0476. The Hall–Kier alpha value is -3.30. The zero-order chi connectivity index (χ0) is 20.7. The van der Waals surface area contributed by atoms with Gasteiger partial charge in [0.05, 0.1) is 16.7 Å². The van der Waals surface area contributed by atoms with Crippen molar-refractivity contribution >= 4 is 50.0 Å². The second kappa shape index (κ2) is 7.51. The van der Waals surface area contributed by atoms with E-state index in [2.05, 4.69) is 19.9 Å². The maximum absolute atomic E-state index is 13.2. The second-order valence-corrected chi connectivity index (χ2v) is 8.36. The molecule has 0 fully saturated rings. The molecule has 0 aliphatic carbocycles. The number of nitrogen functional groups attached to an aromatic ring is 1. The number of rotatable bonds is 4. The lowest BCUT2D eigenvalue weighted by molar-refractivity contribution is 0.628. The number of halogens is 1. The lowest BCUT2D eigenvalue weighted by Gasteiger charge is -2.05. The first-order chi connectivity index (χ1) is 14.6. The molecule has 2 aromatic carbocycles. The summed E-state index contributed by atoms with van der Waals surface area (Å²) in [5.41, 5.74) is 8.09. The molecule has 0 atom stereocenters. The van der Waals surface area contributed by atoms with E-state index < -0.39 is 0 Å². The molecule has 0 bridgehead atoms. The lowest BCUT2D eigenvalue weighted by atomic mass is 10.1. The molecule has 5 rings (SSSR count). The topological polar surface area (TPSA) is 97.5 Å². The van der Waals surface area contributed by atoms with Crippen molar-refractivity contribution in [3.05, 3.63) is 75.9 Å². The zero-order valence-corrected chi connectivity index (χ0v) is 17.1. The highest BCUT2D eigenvalue weighted by Crippen LogP contribution is 2.32. The summed E-state index contributed by atoms with van der Waals surface area (Å²) in [6.45, 7) is 0. The van der Waals surface area contributed by atoms with Gasteiger partial charge in [-0.05, 0) is 29.8 Å². The van der Waals surface area contributed by atoms with Gasteiger partial charge in [0.15, 0.2) is 5.16 Å². The minimum absolute atomic E-state index is 0.234. The van der Waals surface area contributed by atoms with Crippen molar-refractivity contribution in [3.63, 3.8) is 0 Å². The molecule has 0 spiro atoms. The minimum atomic E-state index is -0.319. The van der Waals surface area contributed by atoms with Crippen LogP contribution in [0.4, 0.5) is 10.2 Å². The van der Waals surface area contributed by atoms with Crippen molar-refractivity contribution in [1.82, 2.24) is 19.9 Å². The molecular formula is C21H14FN5OS2. The average Bonchev–Trinajstić information content (AvgIpc) is 3.17. The van der Waals surface area contributed by atoms with Gasteiger partial charge in [-0.3, -0.25) is 4.79 Å². The third kappa shape index (κ3) is 3.42. The number of hydrogen-bond acceptors (Lipinski definition) is 7. The van der Waals surface area contributed by atoms with Crippen molar-refractivity contribution in [1.29, 1.82) is 0 Å². The SMILES string of the molecule is Nc1nc(CSc2nc3scc(-c4ccc(F)cc4)c3c(=O)[nH]2)nc2ccccc12. The van der Waals surface area contributed by atoms with Crippen LogP contribution in [0.2, 0.25) is 0 Å². The average molecular weight is 436 g/mol. The van der Waals surface area contributed by atoms with Crippen LogP contribution in [0, 0.1) is 5.82 Å². The van der Waals surface area contributed by atoms with E-state index in [1.165, 1.54) is 35.2 Å². The number of benzene rings is 2. The van der Waals surface area contributed by atoms with E-state index in [0.29, 0.717) is 32.8 Å². The number of hydrogen-bond donors (Lipinski definition) is 2. The summed E-state index contributed by atoms with van der Waals surface area (Å²) in [7, 11) is 0. The Kier molecular flexibility index (Phi) is 4.68. The van der Waals surface area contributed by atoms with E-state index in [1.807, 2.05) is 29.6 Å². The van der Waals surface area contributed by atoms with Crippen LogP contribution in [0.3, 0.4) is 0 Å². The number of para-hydroxylation sites is 1. The Labute approximate surface area is 178 Å². The molecule has 3 heterocycles. The Bertz CT molecular complexity index is 1450. The number of nitrogens with one attached hydrogen (secondary N) is 1.